The number of nitrogens with zero attached hydrogens (tertiary/aromatic N) is 4. The monoisotopic (exact) mass is 216 g/mol. The van der Waals surface area contributed by atoms with Crippen molar-refractivity contribution in [3.05, 3.63) is 36.3 Å². The van der Waals surface area contributed by atoms with Crippen molar-refractivity contribution in [2.75, 3.05) is 0 Å². The van der Waals surface area contributed by atoms with Gasteiger partial charge in [0, 0.05) is 5.56 Å². The predicted molar refractivity (Wildman–Crippen MR) is 52.8 cm³/mol. The van der Waals surface area contributed by atoms with E-state index in [0.717, 1.165) is 5.56 Å². The molecule has 0 bridgehead atoms. The number of fused-ring (bicyclic) bond motifs is 1. The first-order valence-electron chi connectivity index (χ1n) is 4.54. The van der Waals surface area contributed by atoms with Crippen LogP contribution in [0.15, 0.2) is 35.1 Å². The fourth-order valence-electron chi connectivity index (χ4n) is 1.36. The van der Waals surface area contributed by atoms with E-state index in [9.17, 15) is 4.39 Å². The van der Waals surface area contributed by atoms with Gasteiger partial charge >= 0.3 is 0 Å². The van der Waals surface area contributed by atoms with Crippen LogP contribution in [0.4, 0.5) is 4.39 Å². The molecular formula is C10H5FN4O. The molecule has 5 nitrogen and oxygen atoms in total. The zero-order valence-electron chi connectivity index (χ0n) is 7.96. The summed E-state index contributed by atoms with van der Waals surface area (Å²) in [7, 11) is 0. The van der Waals surface area contributed by atoms with E-state index in [0.29, 0.717) is 17.0 Å². The lowest BCUT2D eigenvalue weighted by Crippen LogP contribution is -1.88. The second kappa shape index (κ2) is 3.34. The summed E-state index contributed by atoms with van der Waals surface area (Å²) in [4.78, 5) is 8.20. The van der Waals surface area contributed by atoms with Crippen molar-refractivity contribution in [2.24, 2.45) is 0 Å². The molecule has 1 aromatic carbocycles. The molecule has 3 aromatic rings. The normalized spacial score (nSPS) is 10.8. The average molecular weight is 216 g/mol. The fourth-order valence-corrected chi connectivity index (χ4v) is 1.36. The molecule has 3 rings (SSSR count). The van der Waals surface area contributed by atoms with Crippen molar-refractivity contribution < 1.29 is 9.02 Å². The van der Waals surface area contributed by atoms with Crippen LogP contribution in [-0.2, 0) is 0 Å². The molecule has 0 saturated carbocycles. The van der Waals surface area contributed by atoms with Crippen molar-refractivity contribution in [3.63, 3.8) is 0 Å². The molecule has 2 aromatic heterocycles. The molecule has 0 saturated heterocycles. The lowest BCUT2D eigenvalue weighted by Gasteiger charge is -1.98. The lowest BCUT2D eigenvalue weighted by atomic mass is 10.1. The Balaban J connectivity index is 2.14. The van der Waals surface area contributed by atoms with Gasteiger partial charge in [-0.1, -0.05) is 0 Å². The SMILES string of the molecule is Fc1ccc(-c2cnc3nonc3n2)cc1. The summed E-state index contributed by atoms with van der Waals surface area (Å²) in [6, 6.07) is 5.97. The first-order valence-corrected chi connectivity index (χ1v) is 4.54. The molecule has 6 heteroatoms. The summed E-state index contributed by atoms with van der Waals surface area (Å²) in [6.07, 6.45) is 1.54. The van der Waals surface area contributed by atoms with E-state index < -0.39 is 0 Å². The highest BCUT2D eigenvalue weighted by atomic mass is 19.1. The van der Waals surface area contributed by atoms with Gasteiger partial charge in [-0.05, 0) is 34.6 Å². The van der Waals surface area contributed by atoms with Crippen LogP contribution in [0.25, 0.3) is 22.6 Å². The van der Waals surface area contributed by atoms with Gasteiger partial charge < -0.3 is 0 Å². The van der Waals surface area contributed by atoms with Gasteiger partial charge in [-0.25, -0.2) is 19.0 Å². The Morgan fingerprint density at radius 2 is 1.75 bits per heavy atom. The quantitative estimate of drug-likeness (QED) is 0.620. The molecule has 0 aliphatic rings. The molecule has 16 heavy (non-hydrogen) atoms. The van der Waals surface area contributed by atoms with E-state index in [2.05, 4.69) is 24.9 Å². The Morgan fingerprint density at radius 1 is 1.00 bits per heavy atom. The topological polar surface area (TPSA) is 64.7 Å². The molecule has 0 N–H and O–H groups in total. The predicted octanol–water partition coefficient (Wildman–Crippen LogP) is 1.82. The van der Waals surface area contributed by atoms with Crippen LogP contribution in [-0.4, -0.2) is 20.3 Å². The van der Waals surface area contributed by atoms with Crippen LogP contribution < -0.4 is 0 Å². The number of rotatable bonds is 1. The summed E-state index contributed by atoms with van der Waals surface area (Å²) in [5.41, 5.74) is 2.05. The highest BCUT2D eigenvalue weighted by molar-refractivity contribution is 5.68. The first-order chi connectivity index (χ1) is 7.83. The third-order valence-corrected chi connectivity index (χ3v) is 2.13. The standard InChI is InChI=1S/C10H5FN4O/c11-7-3-1-6(2-4-7)8-5-12-9-10(13-8)15-16-14-9/h1-5H. The summed E-state index contributed by atoms with van der Waals surface area (Å²) < 4.78 is 17.2. The summed E-state index contributed by atoms with van der Waals surface area (Å²) in [5.74, 6) is -0.291. The molecule has 0 fully saturated rings. The summed E-state index contributed by atoms with van der Waals surface area (Å²) in [5, 5.41) is 7.14. The Bertz CT molecular complexity index is 635. The van der Waals surface area contributed by atoms with E-state index in [1.54, 1.807) is 18.3 Å². The van der Waals surface area contributed by atoms with E-state index in [4.69, 9.17) is 0 Å². The van der Waals surface area contributed by atoms with Gasteiger partial charge in [0.25, 0.3) is 0 Å². The van der Waals surface area contributed by atoms with Gasteiger partial charge in [-0.3, -0.25) is 0 Å². The molecule has 0 spiro atoms. The Kier molecular flexibility index (Phi) is 1.86. The molecule has 2 heterocycles. The van der Waals surface area contributed by atoms with E-state index in [1.165, 1.54) is 12.1 Å². The summed E-state index contributed by atoms with van der Waals surface area (Å²) >= 11 is 0. The zero-order chi connectivity index (χ0) is 11.0. The van der Waals surface area contributed by atoms with Crippen LogP contribution in [0.1, 0.15) is 0 Å². The second-order valence-corrected chi connectivity index (χ2v) is 3.17. The largest absolute Gasteiger partial charge is 0.243 e. The van der Waals surface area contributed by atoms with Crippen molar-refractivity contribution in [1.82, 2.24) is 20.3 Å². The second-order valence-electron chi connectivity index (χ2n) is 3.17. The highest BCUT2D eigenvalue weighted by Crippen LogP contribution is 2.17. The van der Waals surface area contributed by atoms with E-state index in [1.807, 2.05) is 0 Å². The van der Waals surface area contributed by atoms with Crippen molar-refractivity contribution in [1.29, 1.82) is 0 Å². The molecule has 0 aliphatic heterocycles. The van der Waals surface area contributed by atoms with Gasteiger partial charge in [0.1, 0.15) is 5.82 Å². The lowest BCUT2D eigenvalue weighted by molar-refractivity contribution is 0.314. The van der Waals surface area contributed by atoms with Crippen LogP contribution in [0, 0.1) is 5.82 Å². The Labute approximate surface area is 88.9 Å². The van der Waals surface area contributed by atoms with Gasteiger partial charge in [0.15, 0.2) is 0 Å². The van der Waals surface area contributed by atoms with Crippen molar-refractivity contribution in [2.45, 2.75) is 0 Å². The van der Waals surface area contributed by atoms with Crippen LogP contribution in [0.5, 0.6) is 0 Å². The number of benzene rings is 1. The molecule has 0 unspecified atom stereocenters. The minimum absolute atomic E-state index is 0.291. The third-order valence-electron chi connectivity index (χ3n) is 2.13. The van der Waals surface area contributed by atoms with Gasteiger partial charge in [-0.2, -0.15) is 0 Å². The molecule has 78 valence electrons. The van der Waals surface area contributed by atoms with Crippen molar-refractivity contribution in [3.8, 4) is 11.3 Å². The van der Waals surface area contributed by atoms with Crippen LogP contribution >= 0.6 is 0 Å². The number of hydrogen-bond acceptors (Lipinski definition) is 5. The zero-order valence-corrected chi connectivity index (χ0v) is 7.96. The minimum Gasteiger partial charge on any atom is -0.240 e. The Morgan fingerprint density at radius 3 is 2.56 bits per heavy atom. The third kappa shape index (κ3) is 1.40. The van der Waals surface area contributed by atoms with Gasteiger partial charge in [0.05, 0.1) is 11.9 Å². The summed E-state index contributed by atoms with van der Waals surface area (Å²) in [6.45, 7) is 0. The molecule has 0 radical (unpaired) electrons. The smallest absolute Gasteiger partial charge is 0.240 e. The molecular weight excluding hydrogens is 211 g/mol. The van der Waals surface area contributed by atoms with Crippen molar-refractivity contribution >= 4 is 11.3 Å². The maximum atomic E-state index is 12.7. The molecule has 0 atom stereocenters. The van der Waals surface area contributed by atoms with E-state index >= 15 is 0 Å². The number of hydrogen-bond donors (Lipinski definition) is 0. The average Bonchev–Trinajstić information content (AvgIpc) is 2.77. The maximum absolute atomic E-state index is 12.7. The minimum atomic E-state index is -0.291. The van der Waals surface area contributed by atoms with Crippen LogP contribution in [0.2, 0.25) is 0 Å². The number of halogens is 1. The first kappa shape index (κ1) is 8.90. The fraction of sp³-hybridized carbons (Fsp3) is 0. The van der Waals surface area contributed by atoms with E-state index in [-0.39, 0.29) is 5.82 Å². The number of aromatic nitrogens is 4. The molecule has 0 aliphatic carbocycles. The van der Waals surface area contributed by atoms with Crippen LogP contribution in [0.3, 0.4) is 0 Å². The highest BCUT2D eigenvalue weighted by Gasteiger charge is 2.06. The van der Waals surface area contributed by atoms with Gasteiger partial charge in [0.2, 0.25) is 11.3 Å². The molecule has 0 amide bonds. The maximum Gasteiger partial charge on any atom is 0.243 e. The van der Waals surface area contributed by atoms with Gasteiger partial charge in [-0.15, -0.1) is 0 Å². The Hall–Kier alpha value is -2.37.